The Labute approximate surface area is 195 Å². The van der Waals surface area contributed by atoms with Crippen LogP contribution >= 0.6 is 0 Å². The quantitative estimate of drug-likeness (QED) is 0.395. The summed E-state index contributed by atoms with van der Waals surface area (Å²) in [5.74, 6) is -6.34. The summed E-state index contributed by atoms with van der Waals surface area (Å²) in [6.07, 6.45) is 2.07. The highest BCUT2D eigenvalue weighted by molar-refractivity contribution is 6.32. The molecule has 0 heterocycles. The molecule has 3 aliphatic carbocycles. The van der Waals surface area contributed by atoms with Gasteiger partial charge in [-0.1, -0.05) is 36.4 Å². The average molecular weight is 460 g/mol. The number of hydrogen-bond acceptors (Lipinski definition) is 7. The third-order valence-corrected chi connectivity index (χ3v) is 7.56. The van der Waals surface area contributed by atoms with Gasteiger partial charge < -0.3 is 21.7 Å². The molecule has 174 valence electrons. The number of aliphatic hydroxyl groups is 1. The first-order chi connectivity index (χ1) is 16.2. The summed E-state index contributed by atoms with van der Waals surface area (Å²) in [6, 6.07) is 10.7. The fourth-order valence-electron chi connectivity index (χ4n) is 5.82. The number of phenolic OH excluding ortho intramolecular Hbond substituents is 1. The second kappa shape index (κ2) is 7.72. The molecule has 8 heteroatoms. The molecule has 5 rings (SSSR count). The number of fused-ring (bicyclic) bond motifs is 3. The lowest BCUT2D eigenvalue weighted by atomic mass is 9.55. The van der Waals surface area contributed by atoms with Crippen LogP contribution < -0.4 is 11.5 Å². The Balaban J connectivity index is 1.60. The van der Waals surface area contributed by atoms with Gasteiger partial charge in [0.2, 0.25) is 5.78 Å². The molecule has 6 N–H and O–H groups in total. The summed E-state index contributed by atoms with van der Waals surface area (Å²) in [5, 5.41) is 21.8. The number of primary amides is 1. The number of benzene rings is 2. The Morgan fingerprint density at radius 2 is 1.79 bits per heavy atom. The maximum Gasteiger partial charge on any atom is 0.252 e. The molecule has 0 aromatic heterocycles. The van der Waals surface area contributed by atoms with Crippen LogP contribution in [-0.2, 0) is 27.3 Å². The second-order valence-electron chi connectivity index (χ2n) is 9.30. The van der Waals surface area contributed by atoms with Gasteiger partial charge in [-0.05, 0) is 53.5 Å². The molecule has 3 aliphatic rings. The van der Waals surface area contributed by atoms with Crippen molar-refractivity contribution < 1.29 is 29.4 Å². The molecule has 0 saturated heterocycles. The Hall–Kier alpha value is -3.62. The smallest absolute Gasteiger partial charge is 0.252 e. The lowest BCUT2D eigenvalue weighted by Crippen LogP contribution is -2.64. The SMILES string of the molecule is NCc1ccc(-c2ccc(O)c3c2C[C@H]2C[C@H]4CC=C(C(N)=O)C(=O)[C@@]4(O)C(=O)C2C3=O)cc1. The molecule has 0 aliphatic heterocycles. The van der Waals surface area contributed by atoms with E-state index in [1.807, 2.05) is 24.3 Å². The van der Waals surface area contributed by atoms with Crippen LogP contribution in [-0.4, -0.2) is 39.1 Å². The molecule has 2 aromatic rings. The predicted molar refractivity (Wildman–Crippen MR) is 121 cm³/mol. The molecule has 2 aromatic carbocycles. The third-order valence-electron chi connectivity index (χ3n) is 7.56. The Morgan fingerprint density at radius 1 is 1.09 bits per heavy atom. The van der Waals surface area contributed by atoms with E-state index >= 15 is 0 Å². The van der Waals surface area contributed by atoms with E-state index in [-0.39, 0.29) is 24.2 Å². The van der Waals surface area contributed by atoms with Gasteiger partial charge in [0.15, 0.2) is 17.2 Å². The van der Waals surface area contributed by atoms with Crippen LogP contribution in [0.3, 0.4) is 0 Å². The van der Waals surface area contributed by atoms with E-state index in [1.165, 1.54) is 12.1 Å². The molecular weight excluding hydrogens is 436 g/mol. The average Bonchev–Trinajstić information content (AvgIpc) is 2.81. The van der Waals surface area contributed by atoms with Gasteiger partial charge in [0.1, 0.15) is 5.75 Å². The minimum atomic E-state index is -2.47. The molecule has 4 atom stereocenters. The molecule has 1 saturated carbocycles. The normalized spacial score (nSPS) is 28.0. The minimum absolute atomic E-state index is 0.0333. The molecule has 0 radical (unpaired) electrons. The van der Waals surface area contributed by atoms with Crippen molar-refractivity contribution in [1.29, 1.82) is 0 Å². The van der Waals surface area contributed by atoms with Gasteiger partial charge in [-0.25, -0.2) is 0 Å². The summed E-state index contributed by atoms with van der Waals surface area (Å²) in [5.41, 5.74) is 11.3. The van der Waals surface area contributed by atoms with Gasteiger partial charge in [0.25, 0.3) is 5.91 Å². The molecule has 1 fully saturated rings. The molecule has 0 bridgehead atoms. The van der Waals surface area contributed by atoms with E-state index in [4.69, 9.17) is 11.5 Å². The van der Waals surface area contributed by atoms with E-state index in [1.54, 1.807) is 6.07 Å². The number of carbonyl (C=O) groups is 4. The fourth-order valence-corrected chi connectivity index (χ4v) is 5.82. The summed E-state index contributed by atoms with van der Waals surface area (Å²) in [6.45, 7) is 0.396. The highest BCUT2D eigenvalue weighted by Crippen LogP contribution is 2.50. The van der Waals surface area contributed by atoms with Crippen LogP contribution in [0.2, 0.25) is 0 Å². The lowest BCUT2D eigenvalue weighted by molar-refractivity contribution is -0.164. The summed E-state index contributed by atoms with van der Waals surface area (Å²) in [7, 11) is 0. The highest BCUT2D eigenvalue weighted by atomic mass is 16.3. The van der Waals surface area contributed by atoms with E-state index in [9.17, 15) is 29.4 Å². The minimum Gasteiger partial charge on any atom is -0.507 e. The number of amides is 1. The van der Waals surface area contributed by atoms with Crippen LogP contribution in [0.15, 0.2) is 48.0 Å². The number of Topliss-reactive ketones (excluding diaryl/α,β-unsaturated/α-hetero) is 3. The largest absolute Gasteiger partial charge is 0.507 e. The first-order valence-corrected chi connectivity index (χ1v) is 11.2. The van der Waals surface area contributed by atoms with Crippen LogP contribution in [0.1, 0.15) is 34.3 Å². The molecule has 1 unspecified atom stereocenters. The summed E-state index contributed by atoms with van der Waals surface area (Å²) < 4.78 is 0. The second-order valence-corrected chi connectivity index (χ2v) is 9.30. The molecule has 8 nitrogen and oxygen atoms in total. The zero-order chi connectivity index (χ0) is 24.4. The van der Waals surface area contributed by atoms with Gasteiger partial charge in [-0.2, -0.15) is 0 Å². The van der Waals surface area contributed by atoms with Crippen LogP contribution in [0.25, 0.3) is 11.1 Å². The van der Waals surface area contributed by atoms with Crippen molar-refractivity contribution in [3.8, 4) is 16.9 Å². The van der Waals surface area contributed by atoms with Crippen molar-refractivity contribution >= 4 is 23.3 Å². The van der Waals surface area contributed by atoms with Gasteiger partial charge in [-0.15, -0.1) is 0 Å². The predicted octanol–water partition coefficient (Wildman–Crippen LogP) is 1.19. The highest BCUT2D eigenvalue weighted by Gasteiger charge is 2.62. The van der Waals surface area contributed by atoms with Crippen molar-refractivity contribution in [2.24, 2.45) is 29.2 Å². The van der Waals surface area contributed by atoms with Gasteiger partial charge in [-0.3, -0.25) is 19.2 Å². The first kappa shape index (κ1) is 22.2. The lowest BCUT2D eigenvalue weighted by Gasteiger charge is -2.47. The third kappa shape index (κ3) is 2.99. The van der Waals surface area contributed by atoms with Crippen LogP contribution in [0.5, 0.6) is 5.75 Å². The van der Waals surface area contributed by atoms with E-state index in [0.29, 0.717) is 18.5 Å². The van der Waals surface area contributed by atoms with Crippen LogP contribution in [0, 0.1) is 17.8 Å². The molecular formula is C26H24N2O6. The molecule has 34 heavy (non-hydrogen) atoms. The fraction of sp³-hybridized carbons (Fsp3) is 0.308. The number of phenols is 1. The Bertz CT molecular complexity index is 1300. The Morgan fingerprint density at radius 3 is 2.44 bits per heavy atom. The van der Waals surface area contributed by atoms with Gasteiger partial charge >= 0.3 is 0 Å². The number of rotatable bonds is 3. The maximum atomic E-state index is 13.6. The summed E-state index contributed by atoms with van der Waals surface area (Å²) >= 11 is 0. The standard InChI is InChI=1S/C26H24N2O6/c27-11-12-1-3-13(4-2-12)16-7-8-19(29)21-18(16)10-14-9-15-5-6-17(25(28)33)23(31)26(15,34)24(32)20(14)22(21)30/h1-4,6-8,14-15,20,29,34H,5,9-11,27H2,(H2,28,33)/t14-,15-,20?,26-/m1/s1. The monoisotopic (exact) mass is 460 g/mol. The first-order valence-electron chi connectivity index (χ1n) is 11.2. The number of hydrogen-bond donors (Lipinski definition) is 4. The Kier molecular flexibility index (Phi) is 5.03. The van der Waals surface area contributed by atoms with Crippen molar-refractivity contribution in [2.45, 2.75) is 31.4 Å². The van der Waals surface area contributed by atoms with E-state index < -0.39 is 52.2 Å². The summed E-state index contributed by atoms with van der Waals surface area (Å²) in [4.78, 5) is 51.6. The van der Waals surface area contributed by atoms with Crippen molar-refractivity contribution in [2.75, 3.05) is 0 Å². The van der Waals surface area contributed by atoms with Gasteiger partial charge in [0.05, 0.1) is 17.1 Å². The van der Waals surface area contributed by atoms with Crippen molar-refractivity contribution in [3.05, 3.63) is 64.7 Å². The van der Waals surface area contributed by atoms with Gasteiger partial charge in [0, 0.05) is 12.5 Å². The number of aromatic hydroxyl groups is 1. The maximum absolute atomic E-state index is 13.6. The molecule has 0 spiro atoms. The molecule has 1 amide bonds. The van der Waals surface area contributed by atoms with E-state index in [2.05, 4.69) is 0 Å². The number of allylic oxidation sites excluding steroid dienone is 1. The van der Waals surface area contributed by atoms with Crippen molar-refractivity contribution in [1.82, 2.24) is 0 Å². The number of ketones is 3. The zero-order valence-corrected chi connectivity index (χ0v) is 18.3. The topological polar surface area (TPSA) is 161 Å². The zero-order valence-electron chi connectivity index (χ0n) is 18.3. The van der Waals surface area contributed by atoms with Crippen LogP contribution in [0.4, 0.5) is 0 Å². The van der Waals surface area contributed by atoms with E-state index in [0.717, 1.165) is 16.7 Å². The number of nitrogens with two attached hydrogens (primary N) is 2. The number of carbonyl (C=O) groups excluding carboxylic acids is 4. The van der Waals surface area contributed by atoms with Crippen molar-refractivity contribution in [3.63, 3.8) is 0 Å².